The summed E-state index contributed by atoms with van der Waals surface area (Å²) in [6, 6.07) is 11.7. The van der Waals surface area contributed by atoms with Crippen LogP contribution in [0.4, 0.5) is 4.39 Å². The van der Waals surface area contributed by atoms with Gasteiger partial charge in [-0.3, -0.25) is 9.78 Å². The minimum atomic E-state index is -0.350. The first-order valence-electron chi connectivity index (χ1n) is 7.63. The highest BCUT2D eigenvalue weighted by atomic mass is 19.1. The van der Waals surface area contributed by atoms with Gasteiger partial charge in [0.25, 0.3) is 5.91 Å². The standard InChI is InChI=1S/C18H14FN3O2/c19-13-5-6-17-12(9-13)11-22(7-8-24-17)18(23)16-10-20-14-3-1-2-4-15(14)21-16/h1-6,9-10H,7-8,11H2. The largest absolute Gasteiger partial charge is 0.491 e. The Kier molecular flexibility index (Phi) is 3.57. The van der Waals surface area contributed by atoms with Gasteiger partial charge in [0.2, 0.25) is 0 Å². The summed E-state index contributed by atoms with van der Waals surface area (Å²) in [5.74, 6) is 0.0161. The molecule has 0 saturated carbocycles. The number of nitrogens with zero attached hydrogens (tertiary/aromatic N) is 3. The summed E-state index contributed by atoms with van der Waals surface area (Å²) < 4.78 is 19.1. The third kappa shape index (κ3) is 2.67. The van der Waals surface area contributed by atoms with Crippen LogP contribution in [0, 0.1) is 5.82 Å². The number of fused-ring (bicyclic) bond motifs is 2. The van der Waals surface area contributed by atoms with E-state index in [0.717, 1.165) is 5.52 Å². The Labute approximate surface area is 137 Å². The number of hydrogen-bond donors (Lipinski definition) is 0. The van der Waals surface area contributed by atoms with Gasteiger partial charge in [-0.05, 0) is 30.3 Å². The average molecular weight is 323 g/mol. The molecular formula is C18H14FN3O2. The van der Waals surface area contributed by atoms with Crippen molar-refractivity contribution in [3.63, 3.8) is 0 Å². The minimum Gasteiger partial charge on any atom is -0.491 e. The highest BCUT2D eigenvalue weighted by molar-refractivity contribution is 5.93. The first kappa shape index (κ1) is 14.6. The molecule has 0 fully saturated rings. The molecule has 24 heavy (non-hydrogen) atoms. The van der Waals surface area contributed by atoms with Gasteiger partial charge in [0, 0.05) is 12.1 Å². The molecule has 1 aliphatic heterocycles. The van der Waals surface area contributed by atoms with Crippen LogP contribution in [0.15, 0.2) is 48.7 Å². The maximum atomic E-state index is 13.5. The van der Waals surface area contributed by atoms with Gasteiger partial charge in [0.1, 0.15) is 23.9 Å². The van der Waals surface area contributed by atoms with Crippen LogP contribution in [-0.4, -0.2) is 33.9 Å². The average Bonchev–Trinajstić information content (AvgIpc) is 2.82. The number of halogens is 1. The summed E-state index contributed by atoms with van der Waals surface area (Å²) in [7, 11) is 0. The van der Waals surface area contributed by atoms with Gasteiger partial charge in [-0.2, -0.15) is 0 Å². The lowest BCUT2D eigenvalue weighted by Gasteiger charge is -2.19. The van der Waals surface area contributed by atoms with Crippen molar-refractivity contribution >= 4 is 16.9 Å². The highest BCUT2D eigenvalue weighted by Gasteiger charge is 2.22. The van der Waals surface area contributed by atoms with E-state index in [1.54, 1.807) is 11.0 Å². The molecule has 0 unspecified atom stereocenters. The van der Waals surface area contributed by atoms with Crippen molar-refractivity contribution in [2.24, 2.45) is 0 Å². The van der Waals surface area contributed by atoms with E-state index in [9.17, 15) is 9.18 Å². The summed E-state index contributed by atoms with van der Waals surface area (Å²) >= 11 is 0. The minimum absolute atomic E-state index is 0.242. The van der Waals surface area contributed by atoms with Crippen molar-refractivity contribution in [3.8, 4) is 5.75 Å². The van der Waals surface area contributed by atoms with Crippen LogP contribution < -0.4 is 4.74 Å². The molecule has 5 nitrogen and oxygen atoms in total. The van der Waals surface area contributed by atoms with E-state index in [1.165, 1.54) is 18.3 Å². The Balaban J connectivity index is 1.65. The molecule has 0 saturated heterocycles. The zero-order chi connectivity index (χ0) is 16.5. The second-order valence-corrected chi connectivity index (χ2v) is 5.57. The molecule has 0 atom stereocenters. The molecule has 1 aliphatic rings. The Morgan fingerprint density at radius 3 is 2.88 bits per heavy atom. The lowest BCUT2D eigenvalue weighted by Crippen LogP contribution is -2.33. The number of rotatable bonds is 1. The smallest absolute Gasteiger partial charge is 0.274 e. The number of carbonyl (C=O) groups is 1. The highest BCUT2D eigenvalue weighted by Crippen LogP contribution is 2.24. The Morgan fingerprint density at radius 1 is 1.17 bits per heavy atom. The summed E-state index contributed by atoms with van der Waals surface area (Å²) in [6.07, 6.45) is 1.48. The van der Waals surface area contributed by atoms with E-state index >= 15 is 0 Å². The second kappa shape index (κ2) is 5.88. The van der Waals surface area contributed by atoms with Crippen molar-refractivity contribution in [2.45, 2.75) is 6.54 Å². The fourth-order valence-electron chi connectivity index (χ4n) is 2.76. The number of aromatic nitrogens is 2. The normalized spacial score (nSPS) is 14.0. The summed E-state index contributed by atoms with van der Waals surface area (Å²) in [5, 5.41) is 0. The number of hydrogen-bond acceptors (Lipinski definition) is 4. The molecule has 1 amide bonds. The van der Waals surface area contributed by atoms with Crippen LogP contribution >= 0.6 is 0 Å². The van der Waals surface area contributed by atoms with E-state index in [1.807, 2.05) is 24.3 Å². The van der Waals surface area contributed by atoms with Gasteiger partial charge in [0.15, 0.2) is 0 Å². The molecule has 2 aromatic carbocycles. The van der Waals surface area contributed by atoms with Crippen molar-refractivity contribution in [1.82, 2.24) is 14.9 Å². The maximum Gasteiger partial charge on any atom is 0.274 e. The third-order valence-corrected chi connectivity index (χ3v) is 3.96. The molecule has 6 heteroatoms. The van der Waals surface area contributed by atoms with Crippen LogP contribution in [0.2, 0.25) is 0 Å². The Morgan fingerprint density at radius 2 is 2.00 bits per heavy atom. The van der Waals surface area contributed by atoms with Crippen LogP contribution in [-0.2, 0) is 6.54 Å². The molecule has 3 aromatic rings. The topological polar surface area (TPSA) is 55.3 Å². The van der Waals surface area contributed by atoms with E-state index in [-0.39, 0.29) is 24.0 Å². The monoisotopic (exact) mass is 323 g/mol. The summed E-state index contributed by atoms with van der Waals surface area (Å²) in [5.41, 5.74) is 2.32. The lowest BCUT2D eigenvalue weighted by molar-refractivity contribution is 0.0727. The lowest BCUT2D eigenvalue weighted by atomic mass is 10.2. The van der Waals surface area contributed by atoms with Crippen molar-refractivity contribution < 1.29 is 13.9 Å². The number of ether oxygens (including phenoxy) is 1. The molecule has 0 spiro atoms. The molecular weight excluding hydrogens is 309 g/mol. The van der Waals surface area contributed by atoms with E-state index < -0.39 is 0 Å². The first-order chi connectivity index (χ1) is 11.7. The van der Waals surface area contributed by atoms with Gasteiger partial charge in [0.05, 0.1) is 23.8 Å². The zero-order valence-electron chi connectivity index (χ0n) is 12.8. The molecule has 2 heterocycles. The first-order valence-corrected chi connectivity index (χ1v) is 7.63. The fraction of sp³-hybridized carbons (Fsp3) is 0.167. The number of para-hydroxylation sites is 2. The van der Waals surface area contributed by atoms with E-state index in [2.05, 4.69) is 9.97 Å². The van der Waals surface area contributed by atoms with E-state index in [4.69, 9.17) is 4.74 Å². The number of benzene rings is 2. The van der Waals surface area contributed by atoms with Gasteiger partial charge >= 0.3 is 0 Å². The summed E-state index contributed by atoms with van der Waals surface area (Å²) in [6.45, 7) is 1.04. The number of carbonyl (C=O) groups excluding carboxylic acids is 1. The SMILES string of the molecule is O=C(c1cnc2ccccc2n1)N1CCOc2ccc(F)cc2C1. The van der Waals surface area contributed by atoms with Gasteiger partial charge in [-0.15, -0.1) is 0 Å². The fourth-order valence-corrected chi connectivity index (χ4v) is 2.76. The predicted molar refractivity (Wildman–Crippen MR) is 86.2 cm³/mol. The van der Waals surface area contributed by atoms with Crippen LogP contribution in [0.25, 0.3) is 11.0 Å². The maximum absolute atomic E-state index is 13.5. The van der Waals surface area contributed by atoms with Crippen molar-refractivity contribution in [3.05, 3.63) is 65.7 Å². The Hall–Kier alpha value is -3.02. The molecule has 0 bridgehead atoms. The van der Waals surface area contributed by atoms with Gasteiger partial charge in [-0.1, -0.05) is 12.1 Å². The van der Waals surface area contributed by atoms with Crippen LogP contribution in [0.5, 0.6) is 5.75 Å². The molecule has 0 N–H and O–H groups in total. The second-order valence-electron chi connectivity index (χ2n) is 5.57. The summed E-state index contributed by atoms with van der Waals surface area (Å²) in [4.78, 5) is 23.0. The molecule has 0 radical (unpaired) electrons. The van der Waals surface area contributed by atoms with Crippen LogP contribution in [0.3, 0.4) is 0 Å². The molecule has 120 valence electrons. The Bertz CT molecular complexity index is 929. The zero-order valence-corrected chi connectivity index (χ0v) is 12.8. The third-order valence-electron chi connectivity index (χ3n) is 3.96. The van der Waals surface area contributed by atoms with Crippen molar-refractivity contribution in [1.29, 1.82) is 0 Å². The number of amides is 1. The van der Waals surface area contributed by atoms with Crippen molar-refractivity contribution in [2.75, 3.05) is 13.2 Å². The van der Waals surface area contributed by atoms with Gasteiger partial charge in [-0.25, -0.2) is 9.37 Å². The molecule has 1 aromatic heterocycles. The quantitative estimate of drug-likeness (QED) is 0.691. The van der Waals surface area contributed by atoms with Gasteiger partial charge < -0.3 is 9.64 Å². The van der Waals surface area contributed by atoms with E-state index in [0.29, 0.717) is 30.0 Å². The molecule has 0 aliphatic carbocycles. The predicted octanol–water partition coefficient (Wildman–Crippen LogP) is 2.80. The van der Waals surface area contributed by atoms with Crippen LogP contribution in [0.1, 0.15) is 16.1 Å². The molecule has 4 rings (SSSR count).